The fourth-order valence-electron chi connectivity index (χ4n) is 2.01. The van der Waals surface area contributed by atoms with Gasteiger partial charge in [-0.25, -0.2) is 4.79 Å². The number of aromatic carboxylic acids is 1. The zero-order valence-corrected chi connectivity index (χ0v) is 10.9. The number of hydrogen-bond donors (Lipinski definition) is 1. The van der Waals surface area contributed by atoms with E-state index in [1.807, 2.05) is 31.1 Å². The fourth-order valence-corrected chi connectivity index (χ4v) is 2.01. The molecule has 0 atom stereocenters. The Bertz CT molecular complexity index is 386. The quantitative estimate of drug-likeness (QED) is 0.770. The van der Waals surface area contributed by atoms with Crippen molar-refractivity contribution < 1.29 is 9.90 Å². The Morgan fingerprint density at radius 2 is 2.00 bits per heavy atom. The molecule has 0 saturated carbocycles. The van der Waals surface area contributed by atoms with Crippen LogP contribution < -0.4 is 4.90 Å². The number of benzene rings is 1. The molecule has 0 aliphatic carbocycles. The molecule has 0 aromatic heterocycles. The van der Waals surface area contributed by atoms with Gasteiger partial charge in [0, 0.05) is 19.8 Å². The smallest absolute Gasteiger partial charge is 0.336 e. The molecule has 1 aromatic rings. The highest BCUT2D eigenvalue weighted by Crippen LogP contribution is 2.24. The monoisotopic (exact) mass is 235 g/mol. The second-order valence-corrected chi connectivity index (χ2v) is 4.46. The van der Waals surface area contributed by atoms with Crippen LogP contribution in [0.2, 0.25) is 0 Å². The SMILES string of the molecule is CCCCCc1c(C(=O)O)cccc1N(C)C. The zero-order valence-electron chi connectivity index (χ0n) is 10.9. The molecule has 0 bridgehead atoms. The minimum absolute atomic E-state index is 0.437. The predicted octanol–water partition coefficient (Wildman–Crippen LogP) is 3.18. The van der Waals surface area contributed by atoms with Crippen molar-refractivity contribution in [2.24, 2.45) is 0 Å². The summed E-state index contributed by atoms with van der Waals surface area (Å²) in [6, 6.07) is 5.48. The van der Waals surface area contributed by atoms with Crippen molar-refractivity contribution in [2.75, 3.05) is 19.0 Å². The minimum atomic E-state index is -0.833. The Morgan fingerprint density at radius 3 is 2.53 bits per heavy atom. The summed E-state index contributed by atoms with van der Waals surface area (Å²) >= 11 is 0. The first kappa shape index (κ1) is 13.6. The van der Waals surface area contributed by atoms with Crippen molar-refractivity contribution in [3.05, 3.63) is 29.3 Å². The van der Waals surface area contributed by atoms with Crippen LogP contribution in [0.1, 0.15) is 42.1 Å². The van der Waals surface area contributed by atoms with Crippen molar-refractivity contribution in [3.63, 3.8) is 0 Å². The van der Waals surface area contributed by atoms with E-state index in [0.717, 1.165) is 36.9 Å². The lowest BCUT2D eigenvalue weighted by molar-refractivity contribution is 0.0695. The number of carboxylic acids is 1. The Kier molecular flexibility index (Phi) is 5.01. The van der Waals surface area contributed by atoms with Crippen LogP contribution in [-0.4, -0.2) is 25.2 Å². The molecule has 0 radical (unpaired) electrons. The molecule has 0 aliphatic heterocycles. The van der Waals surface area contributed by atoms with Gasteiger partial charge in [0.1, 0.15) is 0 Å². The van der Waals surface area contributed by atoms with E-state index in [1.54, 1.807) is 6.07 Å². The Balaban J connectivity index is 3.05. The van der Waals surface area contributed by atoms with Crippen LogP contribution in [0.15, 0.2) is 18.2 Å². The van der Waals surface area contributed by atoms with E-state index in [2.05, 4.69) is 6.92 Å². The van der Waals surface area contributed by atoms with Crippen molar-refractivity contribution in [2.45, 2.75) is 32.6 Å². The third-order valence-electron chi connectivity index (χ3n) is 2.89. The molecular formula is C14H21NO2. The van der Waals surface area contributed by atoms with Crippen LogP contribution in [0.4, 0.5) is 5.69 Å². The molecule has 1 N–H and O–H groups in total. The summed E-state index contributed by atoms with van der Waals surface area (Å²) in [5, 5.41) is 9.21. The maximum atomic E-state index is 11.2. The lowest BCUT2D eigenvalue weighted by Crippen LogP contribution is -2.14. The van der Waals surface area contributed by atoms with E-state index in [-0.39, 0.29) is 0 Å². The van der Waals surface area contributed by atoms with Gasteiger partial charge in [0.2, 0.25) is 0 Å². The molecule has 0 spiro atoms. The highest BCUT2D eigenvalue weighted by Gasteiger charge is 2.14. The zero-order chi connectivity index (χ0) is 12.8. The van der Waals surface area contributed by atoms with Gasteiger partial charge in [0.05, 0.1) is 5.56 Å². The standard InChI is InChI=1S/C14H21NO2/c1-4-5-6-8-11-12(14(16)17)9-7-10-13(11)15(2)3/h7,9-10H,4-6,8H2,1-3H3,(H,16,17). The lowest BCUT2D eigenvalue weighted by Gasteiger charge is -2.19. The molecule has 0 fully saturated rings. The molecule has 0 amide bonds. The number of anilines is 1. The van der Waals surface area contributed by atoms with Gasteiger partial charge in [-0.1, -0.05) is 25.8 Å². The number of unbranched alkanes of at least 4 members (excludes halogenated alkanes) is 2. The average Bonchev–Trinajstić information content (AvgIpc) is 2.28. The van der Waals surface area contributed by atoms with Crippen LogP contribution in [0.5, 0.6) is 0 Å². The van der Waals surface area contributed by atoms with E-state index < -0.39 is 5.97 Å². The summed E-state index contributed by atoms with van der Waals surface area (Å²) < 4.78 is 0. The molecule has 1 aromatic carbocycles. The number of carbonyl (C=O) groups is 1. The van der Waals surface area contributed by atoms with Crippen molar-refractivity contribution in [1.29, 1.82) is 0 Å². The van der Waals surface area contributed by atoms with Gasteiger partial charge in [-0.2, -0.15) is 0 Å². The maximum absolute atomic E-state index is 11.2. The number of rotatable bonds is 6. The van der Waals surface area contributed by atoms with Gasteiger partial charge in [0.25, 0.3) is 0 Å². The van der Waals surface area contributed by atoms with Crippen LogP contribution in [0.3, 0.4) is 0 Å². The summed E-state index contributed by atoms with van der Waals surface area (Å²) in [5.74, 6) is -0.833. The molecule has 1 rings (SSSR count). The van der Waals surface area contributed by atoms with E-state index in [0.29, 0.717) is 5.56 Å². The van der Waals surface area contributed by atoms with Gasteiger partial charge >= 0.3 is 5.97 Å². The first-order valence-corrected chi connectivity index (χ1v) is 6.10. The third kappa shape index (κ3) is 3.48. The molecule has 17 heavy (non-hydrogen) atoms. The molecule has 94 valence electrons. The van der Waals surface area contributed by atoms with Crippen LogP contribution >= 0.6 is 0 Å². The largest absolute Gasteiger partial charge is 0.478 e. The van der Waals surface area contributed by atoms with Crippen molar-refractivity contribution in [1.82, 2.24) is 0 Å². The first-order chi connectivity index (χ1) is 8.07. The maximum Gasteiger partial charge on any atom is 0.336 e. The summed E-state index contributed by atoms with van der Waals surface area (Å²) in [5.41, 5.74) is 2.41. The molecule has 3 nitrogen and oxygen atoms in total. The van der Waals surface area contributed by atoms with E-state index in [1.165, 1.54) is 0 Å². The number of hydrogen-bond acceptors (Lipinski definition) is 2. The van der Waals surface area contributed by atoms with Gasteiger partial charge in [-0.05, 0) is 30.5 Å². The van der Waals surface area contributed by atoms with Gasteiger partial charge < -0.3 is 10.0 Å². The molecule has 3 heteroatoms. The Morgan fingerprint density at radius 1 is 1.29 bits per heavy atom. The minimum Gasteiger partial charge on any atom is -0.478 e. The average molecular weight is 235 g/mol. The number of carboxylic acid groups (broad SMARTS) is 1. The van der Waals surface area contributed by atoms with Crippen molar-refractivity contribution in [3.8, 4) is 0 Å². The van der Waals surface area contributed by atoms with E-state index >= 15 is 0 Å². The highest BCUT2D eigenvalue weighted by molar-refractivity contribution is 5.91. The lowest BCUT2D eigenvalue weighted by atomic mass is 9.99. The summed E-state index contributed by atoms with van der Waals surface area (Å²) in [6.45, 7) is 2.15. The molecular weight excluding hydrogens is 214 g/mol. The first-order valence-electron chi connectivity index (χ1n) is 6.10. The van der Waals surface area contributed by atoms with Gasteiger partial charge in [0.15, 0.2) is 0 Å². The van der Waals surface area contributed by atoms with Crippen LogP contribution in [-0.2, 0) is 6.42 Å². The van der Waals surface area contributed by atoms with Gasteiger partial charge in [-0.15, -0.1) is 0 Å². The summed E-state index contributed by atoms with van der Waals surface area (Å²) in [4.78, 5) is 13.2. The second kappa shape index (κ2) is 6.28. The van der Waals surface area contributed by atoms with E-state index in [4.69, 9.17) is 0 Å². The molecule has 0 saturated heterocycles. The fraction of sp³-hybridized carbons (Fsp3) is 0.500. The Labute approximate surface area is 103 Å². The molecule has 0 aliphatic rings. The third-order valence-corrected chi connectivity index (χ3v) is 2.89. The molecule has 0 heterocycles. The van der Waals surface area contributed by atoms with Gasteiger partial charge in [-0.3, -0.25) is 0 Å². The Hall–Kier alpha value is -1.51. The number of nitrogens with zero attached hydrogens (tertiary/aromatic N) is 1. The summed E-state index contributed by atoms with van der Waals surface area (Å²) in [7, 11) is 3.90. The van der Waals surface area contributed by atoms with E-state index in [9.17, 15) is 9.90 Å². The van der Waals surface area contributed by atoms with Crippen molar-refractivity contribution >= 4 is 11.7 Å². The second-order valence-electron chi connectivity index (χ2n) is 4.46. The normalized spacial score (nSPS) is 10.3. The topological polar surface area (TPSA) is 40.5 Å². The predicted molar refractivity (Wildman–Crippen MR) is 71.0 cm³/mol. The van der Waals surface area contributed by atoms with Crippen LogP contribution in [0, 0.1) is 0 Å². The van der Waals surface area contributed by atoms with Crippen LogP contribution in [0.25, 0.3) is 0 Å². The highest BCUT2D eigenvalue weighted by atomic mass is 16.4. The summed E-state index contributed by atoms with van der Waals surface area (Å²) in [6.07, 6.45) is 4.17. The molecule has 0 unspecified atom stereocenters.